The minimum Gasteiger partial charge on any atom is -0.489 e. The molecule has 12 heteroatoms. The number of hydrogen-bond acceptors (Lipinski definition) is 7. The van der Waals surface area contributed by atoms with Crippen molar-refractivity contribution in [3.8, 4) is 5.75 Å². The number of para-hydroxylation sites is 1. The van der Waals surface area contributed by atoms with E-state index in [0.717, 1.165) is 5.52 Å². The molecule has 12 nitrogen and oxygen atoms in total. The predicted octanol–water partition coefficient (Wildman–Crippen LogP) is 2.04. The van der Waals surface area contributed by atoms with Crippen molar-refractivity contribution in [2.24, 2.45) is 5.73 Å². The van der Waals surface area contributed by atoms with Gasteiger partial charge in [-0.25, -0.2) is 9.78 Å². The summed E-state index contributed by atoms with van der Waals surface area (Å²) in [5, 5.41) is 4.99. The molecule has 196 valence electrons. The van der Waals surface area contributed by atoms with Gasteiger partial charge in [0.15, 0.2) is 0 Å². The lowest BCUT2D eigenvalue weighted by Crippen LogP contribution is -2.44. The van der Waals surface area contributed by atoms with Gasteiger partial charge in [-0.2, -0.15) is 0 Å². The SMILES string of the molecule is COC(=O)NC(CCC=CC(N)=O)C(=O)Nc1cccn(Cc2nc3c(OC(C)C)cccc3[nH]2)c1=O. The lowest BCUT2D eigenvalue weighted by atomic mass is 10.1. The number of methoxy groups -OCH3 is 1. The van der Waals surface area contributed by atoms with E-state index in [1.165, 1.54) is 29.9 Å². The third kappa shape index (κ3) is 7.43. The zero-order chi connectivity index (χ0) is 26.9. The number of fused-ring (bicyclic) bond motifs is 1. The Morgan fingerprint density at radius 2 is 2.00 bits per heavy atom. The van der Waals surface area contributed by atoms with E-state index >= 15 is 0 Å². The summed E-state index contributed by atoms with van der Waals surface area (Å²) in [4.78, 5) is 56.3. The van der Waals surface area contributed by atoms with Gasteiger partial charge in [0.1, 0.15) is 28.8 Å². The molecule has 0 aliphatic rings. The standard InChI is InChI=1S/C25H30N6O6/c1-15(2)37-19-11-6-9-16-22(19)30-21(27-16)14-31-13-7-10-18(24(31)34)28-23(33)17(29-25(35)36-3)8-4-5-12-20(26)32/h5-7,9-13,15,17H,4,8,14H2,1-3H3,(H2,26,32)(H,27,30)(H,28,33)(H,29,35). The maximum atomic E-state index is 13.1. The summed E-state index contributed by atoms with van der Waals surface area (Å²) in [6.07, 6.45) is 3.82. The van der Waals surface area contributed by atoms with Gasteiger partial charge in [-0.15, -0.1) is 0 Å². The number of nitrogens with two attached hydrogens (primary N) is 1. The minimum atomic E-state index is -1.02. The molecule has 0 spiro atoms. The molecule has 2 aromatic heterocycles. The highest BCUT2D eigenvalue weighted by molar-refractivity contribution is 5.96. The molecular formula is C25H30N6O6. The molecule has 1 aromatic carbocycles. The third-order valence-electron chi connectivity index (χ3n) is 5.18. The minimum absolute atomic E-state index is 0.0228. The van der Waals surface area contributed by atoms with Gasteiger partial charge in [0.05, 0.1) is 25.3 Å². The fourth-order valence-corrected chi connectivity index (χ4v) is 3.55. The fraction of sp³-hybridized carbons (Fsp3) is 0.320. The Balaban J connectivity index is 1.78. The number of carbonyl (C=O) groups is 3. The van der Waals surface area contributed by atoms with E-state index in [2.05, 4.69) is 25.3 Å². The number of nitrogens with one attached hydrogen (secondary N) is 3. The Labute approximate surface area is 212 Å². The summed E-state index contributed by atoms with van der Waals surface area (Å²) in [5.41, 5.74) is 6.06. The molecule has 3 amide bonds. The van der Waals surface area contributed by atoms with E-state index in [1.807, 2.05) is 32.0 Å². The number of primary amides is 1. The molecular weight excluding hydrogens is 480 g/mol. The van der Waals surface area contributed by atoms with Crippen molar-refractivity contribution in [3.63, 3.8) is 0 Å². The van der Waals surface area contributed by atoms with Crippen molar-refractivity contribution in [1.29, 1.82) is 0 Å². The maximum Gasteiger partial charge on any atom is 0.407 e. The number of rotatable bonds is 11. The predicted molar refractivity (Wildman–Crippen MR) is 137 cm³/mol. The van der Waals surface area contributed by atoms with Crippen LogP contribution in [0.25, 0.3) is 11.0 Å². The van der Waals surface area contributed by atoms with Gasteiger partial charge in [0, 0.05) is 6.20 Å². The normalized spacial score (nSPS) is 12.0. The van der Waals surface area contributed by atoms with E-state index in [-0.39, 0.29) is 31.2 Å². The number of allylic oxidation sites excluding steroid dienone is 1. The van der Waals surface area contributed by atoms with Crippen LogP contribution in [0.2, 0.25) is 0 Å². The summed E-state index contributed by atoms with van der Waals surface area (Å²) in [7, 11) is 1.17. The van der Waals surface area contributed by atoms with Gasteiger partial charge in [-0.3, -0.25) is 14.4 Å². The molecule has 5 N–H and O–H groups in total. The van der Waals surface area contributed by atoms with E-state index in [1.54, 1.807) is 12.3 Å². The summed E-state index contributed by atoms with van der Waals surface area (Å²) in [6, 6.07) is 7.61. The van der Waals surface area contributed by atoms with Gasteiger partial charge in [0.25, 0.3) is 5.56 Å². The number of imidazole rings is 1. The second kappa shape index (κ2) is 12.4. The quantitative estimate of drug-likeness (QED) is 0.286. The van der Waals surface area contributed by atoms with Crippen molar-refractivity contribution >= 4 is 34.6 Å². The molecule has 0 aliphatic heterocycles. The number of pyridine rings is 1. The first-order valence-corrected chi connectivity index (χ1v) is 11.6. The van der Waals surface area contributed by atoms with Crippen LogP contribution in [-0.2, 0) is 20.9 Å². The van der Waals surface area contributed by atoms with Crippen molar-refractivity contribution < 1.29 is 23.9 Å². The highest BCUT2D eigenvalue weighted by atomic mass is 16.5. The largest absolute Gasteiger partial charge is 0.489 e. The van der Waals surface area contributed by atoms with E-state index in [9.17, 15) is 19.2 Å². The number of H-pyrrole nitrogens is 1. The summed E-state index contributed by atoms with van der Waals surface area (Å²) < 4.78 is 11.8. The zero-order valence-corrected chi connectivity index (χ0v) is 20.8. The molecule has 37 heavy (non-hydrogen) atoms. The number of ether oxygens (including phenoxy) is 2. The molecule has 0 aliphatic carbocycles. The summed E-state index contributed by atoms with van der Waals surface area (Å²) in [5.74, 6) is -0.0723. The van der Waals surface area contributed by atoms with Crippen molar-refractivity contribution in [2.45, 2.75) is 45.4 Å². The molecule has 1 unspecified atom stereocenters. The Morgan fingerprint density at radius 1 is 1.22 bits per heavy atom. The van der Waals surface area contributed by atoms with Gasteiger partial charge in [-0.05, 0) is 57.0 Å². The summed E-state index contributed by atoms with van der Waals surface area (Å²) >= 11 is 0. The highest BCUT2D eigenvalue weighted by Gasteiger charge is 2.22. The maximum absolute atomic E-state index is 13.1. The topological polar surface area (TPSA) is 170 Å². The fourth-order valence-electron chi connectivity index (χ4n) is 3.55. The molecule has 3 aromatic rings. The molecule has 0 radical (unpaired) electrons. The third-order valence-corrected chi connectivity index (χ3v) is 5.18. The van der Waals surface area contributed by atoms with Crippen LogP contribution in [0.3, 0.4) is 0 Å². The molecule has 2 heterocycles. The van der Waals surface area contributed by atoms with Crippen LogP contribution in [0.4, 0.5) is 10.5 Å². The molecule has 3 rings (SSSR count). The second-order valence-corrected chi connectivity index (χ2v) is 8.42. The number of anilines is 1. The number of aromatic nitrogens is 3. The molecule has 0 fully saturated rings. The monoisotopic (exact) mass is 510 g/mol. The van der Waals surface area contributed by atoms with E-state index < -0.39 is 29.5 Å². The number of nitrogens with zero attached hydrogens (tertiary/aromatic N) is 2. The Morgan fingerprint density at radius 3 is 2.70 bits per heavy atom. The smallest absolute Gasteiger partial charge is 0.407 e. The van der Waals surface area contributed by atoms with Gasteiger partial charge in [-0.1, -0.05) is 12.1 Å². The molecule has 0 saturated carbocycles. The lowest BCUT2D eigenvalue weighted by Gasteiger charge is -2.17. The molecule has 0 saturated heterocycles. The van der Waals surface area contributed by atoms with Crippen molar-refractivity contribution in [2.75, 3.05) is 12.4 Å². The summed E-state index contributed by atoms with van der Waals surface area (Å²) in [6.45, 7) is 3.98. The van der Waals surface area contributed by atoms with Crippen LogP contribution in [-0.4, -0.2) is 51.7 Å². The first kappa shape index (κ1) is 27.0. The zero-order valence-electron chi connectivity index (χ0n) is 20.8. The number of amides is 3. The molecule has 0 bridgehead atoms. The average molecular weight is 511 g/mol. The number of benzene rings is 1. The van der Waals surface area contributed by atoms with Crippen molar-refractivity contribution in [3.05, 3.63) is 64.9 Å². The van der Waals surface area contributed by atoms with Gasteiger partial charge < -0.3 is 35.4 Å². The Hall–Kier alpha value is -4.61. The number of aromatic amines is 1. The Kier molecular flexibility index (Phi) is 9.03. The number of hydrogen-bond donors (Lipinski definition) is 4. The van der Waals surface area contributed by atoms with Crippen LogP contribution < -0.4 is 26.7 Å². The van der Waals surface area contributed by atoms with Crippen LogP contribution >= 0.6 is 0 Å². The number of alkyl carbamates (subject to hydrolysis) is 1. The Bertz CT molecular complexity index is 1360. The van der Waals surface area contributed by atoms with Crippen LogP contribution in [0.5, 0.6) is 5.75 Å². The van der Waals surface area contributed by atoms with Crippen LogP contribution in [0, 0.1) is 0 Å². The first-order valence-electron chi connectivity index (χ1n) is 11.6. The number of carbonyl (C=O) groups excluding carboxylic acids is 3. The first-order chi connectivity index (χ1) is 17.7. The van der Waals surface area contributed by atoms with E-state index in [0.29, 0.717) is 17.1 Å². The van der Waals surface area contributed by atoms with Gasteiger partial charge >= 0.3 is 6.09 Å². The van der Waals surface area contributed by atoms with Crippen LogP contribution in [0.1, 0.15) is 32.5 Å². The van der Waals surface area contributed by atoms with Crippen molar-refractivity contribution in [1.82, 2.24) is 19.9 Å². The van der Waals surface area contributed by atoms with E-state index in [4.69, 9.17) is 10.5 Å². The highest BCUT2D eigenvalue weighted by Crippen LogP contribution is 2.24. The van der Waals surface area contributed by atoms with Gasteiger partial charge in [0.2, 0.25) is 11.8 Å². The van der Waals surface area contributed by atoms with Crippen LogP contribution in [0.15, 0.2) is 53.5 Å². The lowest BCUT2D eigenvalue weighted by molar-refractivity contribution is -0.118. The second-order valence-electron chi connectivity index (χ2n) is 8.42. The molecule has 1 atom stereocenters. The average Bonchev–Trinajstić information content (AvgIpc) is 3.26.